The van der Waals surface area contributed by atoms with Crippen molar-refractivity contribution in [2.45, 2.75) is 6.92 Å². The van der Waals surface area contributed by atoms with Crippen LogP contribution in [0.3, 0.4) is 0 Å². The van der Waals surface area contributed by atoms with E-state index in [1.165, 1.54) is 0 Å². The summed E-state index contributed by atoms with van der Waals surface area (Å²) in [6, 6.07) is 9.39. The van der Waals surface area contributed by atoms with Gasteiger partial charge in [0.15, 0.2) is 5.75 Å². The van der Waals surface area contributed by atoms with Gasteiger partial charge in [-0.05, 0) is 30.2 Å². The van der Waals surface area contributed by atoms with Crippen LogP contribution in [0.4, 0.5) is 0 Å². The van der Waals surface area contributed by atoms with Crippen molar-refractivity contribution < 1.29 is 4.84 Å². The quantitative estimate of drug-likeness (QED) is 0.415. The molecule has 1 aromatic rings. The highest BCUT2D eigenvalue weighted by molar-refractivity contribution is 5.83. The average molecular weight is 213 g/mol. The maximum atomic E-state index is 5.19. The van der Waals surface area contributed by atoms with Crippen LogP contribution >= 0.6 is 0 Å². The maximum Gasteiger partial charge on any atom is 0.157 e. The Labute approximate surface area is 96.2 Å². The van der Waals surface area contributed by atoms with Crippen LogP contribution in [0.5, 0.6) is 5.75 Å². The Hall–Kier alpha value is -2.09. The van der Waals surface area contributed by atoms with Crippen molar-refractivity contribution in [3.63, 3.8) is 0 Å². The number of hydrogen-bond acceptors (Lipinski definition) is 2. The molecule has 0 aliphatic carbocycles. The SMILES string of the molecule is C=C/C(C)=C(C=C)/C=N/Oc1ccccc1. The summed E-state index contributed by atoms with van der Waals surface area (Å²) < 4.78 is 0. The lowest BCUT2D eigenvalue weighted by molar-refractivity contribution is 0.344. The summed E-state index contributed by atoms with van der Waals surface area (Å²) in [5, 5.41) is 3.88. The molecule has 1 aromatic carbocycles. The molecule has 0 amide bonds. The van der Waals surface area contributed by atoms with E-state index >= 15 is 0 Å². The predicted octanol–water partition coefficient (Wildman–Crippen LogP) is 3.74. The summed E-state index contributed by atoms with van der Waals surface area (Å²) in [6.45, 7) is 9.33. The molecule has 0 spiro atoms. The number of oxime groups is 1. The number of rotatable bonds is 5. The Bertz CT molecular complexity index is 416. The fraction of sp³-hybridized carbons (Fsp3) is 0.0714. The van der Waals surface area contributed by atoms with Crippen molar-refractivity contribution >= 4 is 6.21 Å². The second kappa shape index (κ2) is 6.40. The monoisotopic (exact) mass is 213 g/mol. The average Bonchev–Trinajstić information content (AvgIpc) is 2.35. The van der Waals surface area contributed by atoms with Crippen LogP contribution in [0.1, 0.15) is 6.92 Å². The molecule has 0 saturated heterocycles. The van der Waals surface area contributed by atoms with Gasteiger partial charge in [-0.2, -0.15) is 0 Å². The number of benzene rings is 1. The topological polar surface area (TPSA) is 21.6 Å². The third-order valence-corrected chi connectivity index (χ3v) is 2.07. The Morgan fingerprint density at radius 2 is 1.88 bits per heavy atom. The Kier molecular flexibility index (Phi) is 4.80. The highest BCUT2D eigenvalue weighted by Crippen LogP contribution is 2.09. The van der Waals surface area contributed by atoms with Crippen LogP contribution in [0, 0.1) is 0 Å². The highest BCUT2D eigenvalue weighted by Gasteiger charge is 1.92. The van der Waals surface area contributed by atoms with Crippen LogP contribution in [-0.4, -0.2) is 6.21 Å². The molecule has 0 aliphatic heterocycles. The van der Waals surface area contributed by atoms with Crippen molar-refractivity contribution in [3.8, 4) is 5.75 Å². The lowest BCUT2D eigenvalue weighted by Gasteiger charge is -1.98. The first-order chi connectivity index (χ1) is 7.77. The molecular weight excluding hydrogens is 198 g/mol. The number of hydrogen-bond donors (Lipinski definition) is 0. The van der Waals surface area contributed by atoms with E-state index in [0.717, 1.165) is 11.1 Å². The van der Waals surface area contributed by atoms with Gasteiger partial charge in [0.05, 0.1) is 6.21 Å². The predicted molar refractivity (Wildman–Crippen MR) is 68.7 cm³/mol. The summed E-state index contributed by atoms with van der Waals surface area (Å²) >= 11 is 0. The van der Waals surface area contributed by atoms with Crippen molar-refractivity contribution in [2.24, 2.45) is 5.16 Å². The molecule has 0 radical (unpaired) electrons. The fourth-order valence-corrected chi connectivity index (χ4v) is 1.06. The van der Waals surface area contributed by atoms with E-state index < -0.39 is 0 Å². The van der Waals surface area contributed by atoms with Gasteiger partial charge in [0, 0.05) is 0 Å². The van der Waals surface area contributed by atoms with Crippen LogP contribution in [0.2, 0.25) is 0 Å². The van der Waals surface area contributed by atoms with Gasteiger partial charge < -0.3 is 4.84 Å². The smallest absolute Gasteiger partial charge is 0.157 e. The molecule has 0 fully saturated rings. The summed E-state index contributed by atoms with van der Waals surface area (Å²) in [7, 11) is 0. The van der Waals surface area contributed by atoms with E-state index in [1.54, 1.807) is 18.4 Å². The molecule has 0 N–H and O–H groups in total. The lowest BCUT2D eigenvalue weighted by Crippen LogP contribution is -1.88. The van der Waals surface area contributed by atoms with Gasteiger partial charge in [-0.15, -0.1) is 0 Å². The Balaban J connectivity index is 2.68. The van der Waals surface area contributed by atoms with Crippen LogP contribution < -0.4 is 4.84 Å². The van der Waals surface area contributed by atoms with Crippen LogP contribution in [0.15, 0.2) is 71.9 Å². The van der Waals surface area contributed by atoms with Gasteiger partial charge in [0.2, 0.25) is 0 Å². The zero-order valence-corrected chi connectivity index (χ0v) is 9.39. The molecule has 0 aliphatic rings. The Morgan fingerprint density at radius 3 is 2.44 bits per heavy atom. The van der Waals surface area contributed by atoms with E-state index in [0.29, 0.717) is 5.75 Å². The molecule has 0 bridgehead atoms. The minimum atomic E-state index is 0.707. The molecule has 0 atom stereocenters. The standard InChI is InChI=1S/C14H15NO/c1-4-12(3)13(5-2)11-15-16-14-9-7-6-8-10-14/h4-11H,1-2H2,3H3/b13-12+,15-11+. The lowest BCUT2D eigenvalue weighted by atomic mass is 10.1. The second-order valence-electron chi connectivity index (χ2n) is 3.19. The van der Waals surface area contributed by atoms with Crippen molar-refractivity contribution in [2.75, 3.05) is 0 Å². The summed E-state index contributed by atoms with van der Waals surface area (Å²) in [4.78, 5) is 5.19. The van der Waals surface area contributed by atoms with Gasteiger partial charge in [-0.1, -0.05) is 48.7 Å². The minimum Gasteiger partial charge on any atom is -0.357 e. The van der Waals surface area contributed by atoms with Crippen LogP contribution in [0.25, 0.3) is 0 Å². The highest BCUT2D eigenvalue weighted by atomic mass is 16.6. The number of para-hydroxylation sites is 1. The molecular formula is C14H15NO. The normalized spacial score (nSPS) is 12.1. The van der Waals surface area contributed by atoms with Crippen molar-refractivity contribution in [3.05, 3.63) is 66.8 Å². The van der Waals surface area contributed by atoms with Gasteiger partial charge in [-0.3, -0.25) is 0 Å². The third-order valence-electron chi connectivity index (χ3n) is 2.07. The largest absolute Gasteiger partial charge is 0.357 e. The molecule has 0 saturated carbocycles. The molecule has 82 valence electrons. The van der Waals surface area contributed by atoms with Crippen molar-refractivity contribution in [1.82, 2.24) is 0 Å². The third kappa shape index (κ3) is 3.58. The number of nitrogens with zero attached hydrogens (tertiary/aromatic N) is 1. The second-order valence-corrected chi connectivity index (χ2v) is 3.19. The first-order valence-corrected chi connectivity index (χ1v) is 4.99. The van der Waals surface area contributed by atoms with Crippen LogP contribution in [-0.2, 0) is 0 Å². The molecule has 1 rings (SSSR count). The van der Waals surface area contributed by atoms with Gasteiger partial charge in [0.1, 0.15) is 0 Å². The molecule has 0 unspecified atom stereocenters. The van der Waals surface area contributed by atoms with Crippen molar-refractivity contribution in [1.29, 1.82) is 0 Å². The fourth-order valence-electron chi connectivity index (χ4n) is 1.06. The van der Waals surface area contributed by atoms with Gasteiger partial charge in [-0.25, -0.2) is 0 Å². The van der Waals surface area contributed by atoms with E-state index in [4.69, 9.17) is 4.84 Å². The summed E-state index contributed by atoms with van der Waals surface area (Å²) in [5.74, 6) is 0.707. The first-order valence-electron chi connectivity index (χ1n) is 4.99. The molecule has 2 nitrogen and oxygen atoms in total. The first kappa shape index (κ1) is 12.0. The minimum absolute atomic E-state index is 0.707. The van der Waals surface area contributed by atoms with E-state index in [2.05, 4.69) is 18.3 Å². The Morgan fingerprint density at radius 1 is 1.19 bits per heavy atom. The molecule has 16 heavy (non-hydrogen) atoms. The molecule has 0 aromatic heterocycles. The van der Waals surface area contributed by atoms with Gasteiger partial charge in [0.25, 0.3) is 0 Å². The number of allylic oxidation sites excluding steroid dienone is 4. The maximum absolute atomic E-state index is 5.19. The van der Waals surface area contributed by atoms with Gasteiger partial charge >= 0.3 is 0 Å². The molecule has 2 heteroatoms. The molecule has 0 heterocycles. The summed E-state index contributed by atoms with van der Waals surface area (Å²) in [5.41, 5.74) is 1.90. The van der Waals surface area contributed by atoms with E-state index in [9.17, 15) is 0 Å². The zero-order chi connectivity index (χ0) is 11.8. The van der Waals surface area contributed by atoms with E-state index in [1.807, 2.05) is 37.3 Å². The zero-order valence-electron chi connectivity index (χ0n) is 9.39. The van der Waals surface area contributed by atoms with E-state index in [-0.39, 0.29) is 0 Å². The summed E-state index contributed by atoms with van der Waals surface area (Å²) in [6.07, 6.45) is 5.09.